The van der Waals surface area contributed by atoms with Crippen LogP contribution in [0.25, 0.3) is 0 Å². The van der Waals surface area contributed by atoms with E-state index in [0.29, 0.717) is 5.92 Å². The molecule has 0 aliphatic heterocycles. The van der Waals surface area contributed by atoms with Crippen LogP contribution >= 0.6 is 0 Å². The molecule has 2 radical (unpaired) electrons. The zero-order chi connectivity index (χ0) is 9.80. The second-order valence-corrected chi connectivity index (χ2v) is 3.76. The summed E-state index contributed by atoms with van der Waals surface area (Å²) in [5.74, 6) is 0.684. The third-order valence-electron chi connectivity index (χ3n) is 2.85. The highest BCUT2D eigenvalue weighted by molar-refractivity contribution is 5.33. The summed E-state index contributed by atoms with van der Waals surface area (Å²) in [6, 6.07) is 10.2. The number of nitriles is 1. The molecule has 1 aliphatic rings. The molecule has 1 aromatic rings. The van der Waals surface area contributed by atoms with Crippen LogP contribution in [0.2, 0.25) is 0 Å². The summed E-state index contributed by atoms with van der Waals surface area (Å²) >= 11 is 0. The standard InChI is InChI=1S/C13H13N/c14-10-11-6-8-13(9-7-11)12-4-2-1-3-5-12/h6-9,12H,2-5H2. The van der Waals surface area contributed by atoms with E-state index in [0.717, 1.165) is 18.4 Å². The van der Waals surface area contributed by atoms with Gasteiger partial charge in [-0.25, -0.2) is 0 Å². The van der Waals surface area contributed by atoms with Gasteiger partial charge in [0.15, 0.2) is 0 Å². The first-order chi connectivity index (χ1) is 6.90. The van der Waals surface area contributed by atoms with E-state index in [1.807, 2.05) is 12.1 Å². The Morgan fingerprint density at radius 3 is 2.36 bits per heavy atom. The van der Waals surface area contributed by atoms with Crippen LogP contribution in [0.5, 0.6) is 0 Å². The summed E-state index contributed by atoms with van der Waals surface area (Å²) in [4.78, 5) is 0. The Bertz CT molecular complexity index is 325. The summed E-state index contributed by atoms with van der Waals surface area (Å²) in [5.41, 5.74) is 2.13. The molecule has 0 aromatic heterocycles. The molecular weight excluding hydrogens is 170 g/mol. The van der Waals surface area contributed by atoms with Crippen molar-refractivity contribution in [1.29, 1.82) is 5.26 Å². The highest BCUT2D eigenvalue weighted by Gasteiger charge is 2.15. The molecule has 1 heteroatoms. The normalized spacial score (nSPS) is 17.6. The molecule has 70 valence electrons. The minimum atomic E-state index is 0.684. The van der Waals surface area contributed by atoms with Crippen LogP contribution in [-0.4, -0.2) is 0 Å². The van der Waals surface area contributed by atoms with E-state index in [9.17, 15) is 0 Å². The maximum Gasteiger partial charge on any atom is 0.0991 e. The molecule has 14 heavy (non-hydrogen) atoms. The highest BCUT2D eigenvalue weighted by atomic mass is 14.2. The molecule has 0 unspecified atom stereocenters. The van der Waals surface area contributed by atoms with Crippen LogP contribution in [0.15, 0.2) is 24.3 Å². The van der Waals surface area contributed by atoms with Gasteiger partial charge in [-0.15, -0.1) is 0 Å². The Morgan fingerprint density at radius 1 is 1.14 bits per heavy atom. The Morgan fingerprint density at radius 2 is 1.79 bits per heavy atom. The van der Waals surface area contributed by atoms with Gasteiger partial charge in [0.2, 0.25) is 0 Å². The van der Waals surface area contributed by atoms with Crippen molar-refractivity contribution in [1.82, 2.24) is 0 Å². The number of hydrogen-bond acceptors (Lipinski definition) is 1. The Balaban J connectivity index is 2.12. The molecule has 0 amide bonds. The van der Waals surface area contributed by atoms with Gasteiger partial charge >= 0.3 is 0 Å². The fourth-order valence-electron chi connectivity index (χ4n) is 1.99. The minimum Gasteiger partial charge on any atom is -0.192 e. The molecular formula is C13H13N. The monoisotopic (exact) mass is 183 g/mol. The molecule has 0 heterocycles. The zero-order valence-electron chi connectivity index (χ0n) is 8.16. The van der Waals surface area contributed by atoms with Gasteiger partial charge in [-0.05, 0) is 55.7 Å². The van der Waals surface area contributed by atoms with Crippen molar-refractivity contribution in [3.05, 3.63) is 41.8 Å². The summed E-state index contributed by atoms with van der Waals surface area (Å²) in [5, 5.41) is 8.68. The van der Waals surface area contributed by atoms with Gasteiger partial charge in [-0.1, -0.05) is 12.1 Å². The van der Waals surface area contributed by atoms with Gasteiger partial charge in [0.25, 0.3) is 0 Å². The first-order valence-electron chi connectivity index (χ1n) is 5.11. The van der Waals surface area contributed by atoms with E-state index >= 15 is 0 Å². The fraction of sp³-hybridized carbons (Fsp3) is 0.385. The third kappa shape index (κ3) is 1.96. The molecule has 0 bridgehead atoms. The lowest BCUT2D eigenvalue weighted by Crippen LogP contribution is -2.04. The fourth-order valence-corrected chi connectivity index (χ4v) is 1.99. The van der Waals surface area contributed by atoms with E-state index < -0.39 is 0 Å². The lowest BCUT2D eigenvalue weighted by Gasteiger charge is -2.21. The average molecular weight is 183 g/mol. The van der Waals surface area contributed by atoms with Crippen LogP contribution in [0.1, 0.15) is 42.7 Å². The van der Waals surface area contributed by atoms with E-state index in [4.69, 9.17) is 5.26 Å². The highest BCUT2D eigenvalue weighted by Crippen LogP contribution is 2.31. The summed E-state index contributed by atoms with van der Waals surface area (Å²) in [6.45, 7) is 0. The average Bonchev–Trinajstić information content (AvgIpc) is 2.30. The lowest BCUT2D eigenvalue weighted by molar-refractivity contribution is 0.512. The number of benzene rings is 1. The molecule has 0 atom stereocenters. The van der Waals surface area contributed by atoms with Crippen molar-refractivity contribution in [2.45, 2.75) is 31.6 Å². The zero-order valence-corrected chi connectivity index (χ0v) is 8.16. The van der Waals surface area contributed by atoms with Crippen LogP contribution in [-0.2, 0) is 0 Å². The van der Waals surface area contributed by atoms with Crippen LogP contribution in [0, 0.1) is 17.8 Å². The second-order valence-electron chi connectivity index (χ2n) is 3.76. The van der Waals surface area contributed by atoms with Gasteiger partial charge in [0.05, 0.1) is 11.6 Å². The predicted molar refractivity (Wildman–Crippen MR) is 55.6 cm³/mol. The quantitative estimate of drug-likeness (QED) is 0.655. The molecule has 1 aromatic carbocycles. The molecule has 0 saturated heterocycles. The Labute approximate surface area is 85.4 Å². The first-order valence-corrected chi connectivity index (χ1v) is 5.11. The predicted octanol–water partition coefficient (Wildman–Crippen LogP) is 3.30. The van der Waals surface area contributed by atoms with Crippen molar-refractivity contribution >= 4 is 0 Å². The topological polar surface area (TPSA) is 23.8 Å². The summed E-state index contributed by atoms with van der Waals surface area (Å²) in [7, 11) is 0. The SMILES string of the molecule is N#Cc1ccc(C2CC[C]CC2)cc1. The smallest absolute Gasteiger partial charge is 0.0991 e. The number of rotatable bonds is 1. The molecule has 1 fully saturated rings. The minimum absolute atomic E-state index is 0.684. The first kappa shape index (κ1) is 9.27. The van der Waals surface area contributed by atoms with E-state index in [1.54, 1.807) is 0 Å². The third-order valence-corrected chi connectivity index (χ3v) is 2.85. The maximum absolute atomic E-state index is 8.68. The van der Waals surface area contributed by atoms with Crippen LogP contribution in [0.4, 0.5) is 0 Å². The Hall–Kier alpha value is -1.29. The van der Waals surface area contributed by atoms with Crippen LogP contribution < -0.4 is 0 Å². The maximum atomic E-state index is 8.68. The molecule has 2 rings (SSSR count). The van der Waals surface area contributed by atoms with E-state index in [1.165, 1.54) is 18.4 Å². The lowest BCUT2D eigenvalue weighted by atomic mass is 9.84. The van der Waals surface area contributed by atoms with Crippen molar-refractivity contribution in [2.75, 3.05) is 0 Å². The van der Waals surface area contributed by atoms with Gasteiger partial charge in [0.1, 0.15) is 0 Å². The summed E-state index contributed by atoms with van der Waals surface area (Å²) in [6.07, 6.45) is 8.01. The molecule has 1 nitrogen and oxygen atoms in total. The van der Waals surface area contributed by atoms with Crippen molar-refractivity contribution in [3.63, 3.8) is 0 Å². The van der Waals surface area contributed by atoms with E-state index in [2.05, 4.69) is 24.6 Å². The van der Waals surface area contributed by atoms with Gasteiger partial charge in [0, 0.05) is 0 Å². The largest absolute Gasteiger partial charge is 0.192 e. The van der Waals surface area contributed by atoms with Crippen molar-refractivity contribution in [2.24, 2.45) is 0 Å². The number of nitrogens with zero attached hydrogens (tertiary/aromatic N) is 1. The molecule has 1 aliphatic carbocycles. The van der Waals surface area contributed by atoms with Crippen molar-refractivity contribution in [3.8, 4) is 6.07 Å². The van der Waals surface area contributed by atoms with Gasteiger partial charge in [-0.3, -0.25) is 0 Å². The Kier molecular flexibility index (Phi) is 2.84. The van der Waals surface area contributed by atoms with E-state index in [-0.39, 0.29) is 0 Å². The number of hydrogen-bond donors (Lipinski definition) is 0. The van der Waals surface area contributed by atoms with Crippen LogP contribution in [0.3, 0.4) is 0 Å². The molecule has 0 N–H and O–H groups in total. The van der Waals surface area contributed by atoms with Gasteiger partial charge < -0.3 is 0 Å². The second kappa shape index (κ2) is 4.28. The summed E-state index contributed by atoms with van der Waals surface area (Å²) < 4.78 is 0. The molecule has 0 spiro atoms. The van der Waals surface area contributed by atoms with Crippen molar-refractivity contribution < 1.29 is 0 Å². The van der Waals surface area contributed by atoms with Gasteiger partial charge in [-0.2, -0.15) is 5.26 Å². The molecule has 1 saturated carbocycles.